The third-order valence-corrected chi connectivity index (χ3v) is 2.95. The molecule has 0 atom stereocenters. The van der Waals surface area contributed by atoms with Gasteiger partial charge in [-0.05, 0) is 12.1 Å². The van der Waals surface area contributed by atoms with Crippen LogP contribution in [-0.4, -0.2) is 9.55 Å². The average Bonchev–Trinajstić information content (AvgIpc) is 2.69. The van der Waals surface area contributed by atoms with Crippen LogP contribution in [0.15, 0.2) is 42.5 Å². The summed E-state index contributed by atoms with van der Waals surface area (Å²) in [5, 5.41) is 3.11. The Morgan fingerprint density at radius 2 is 1.74 bits per heavy atom. The molecule has 0 unspecified atom stereocenters. The second-order valence-electron chi connectivity index (χ2n) is 4.24. The van der Waals surface area contributed by atoms with Gasteiger partial charge in [0, 0.05) is 24.9 Å². The molecule has 0 spiro atoms. The zero-order chi connectivity index (χ0) is 13.4. The number of halogens is 2. The SMILES string of the molecule is Cn1c(Nc2ccccc2)nc2cc(F)c(F)cc21. The first kappa shape index (κ1) is 11.6. The molecule has 2 aromatic carbocycles. The molecule has 0 saturated heterocycles. The highest BCUT2D eigenvalue weighted by Gasteiger charge is 2.12. The van der Waals surface area contributed by atoms with Crippen LogP contribution in [0.5, 0.6) is 0 Å². The fraction of sp³-hybridized carbons (Fsp3) is 0.0714. The molecule has 1 aromatic heterocycles. The molecule has 3 nitrogen and oxygen atoms in total. The maximum atomic E-state index is 13.2. The van der Waals surface area contributed by atoms with E-state index in [2.05, 4.69) is 10.3 Å². The number of imidazole rings is 1. The van der Waals surface area contributed by atoms with Crippen molar-refractivity contribution >= 4 is 22.7 Å². The lowest BCUT2D eigenvalue weighted by molar-refractivity contribution is 0.510. The van der Waals surface area contributed by atoms with E-state index in [1.54, 1.807) is 11.6 Å². The van der Waals surface area contributed by atoms with Crippen LogP contribution >= 0.6 is 0 Å². The molecule has 0 radical (unpaired) electrons. The predicted octanol–water partition coefficient (Wildman–Crippen LogP) is 3.60. The molecule has 0 aliphatic rings. The van der Waals surface area contributed by atoms with E-state index in [0.717, 1.165) is 17.8 Å². The van der Waals surface area contributed by atoms with Gasteiger partial charge in [0.2, 0.25) is 5.95 Å². The Morgan fingerprint density at radius 3 is 2.47 bits per heavy atom. The average molecular weight is 259 g/mol. The predicted molar refractivity (Wildman–Crippen MR) is 70.4 cm³/mol. The number of benzene rings is 2. The molecule has 0 saturated carbocycles. The molecule has 5 heteroatoms. The van der Waals surface area contributed by atoms with Crippen LogP contribution in [0.1, 0.15) is 0 Å². The van der Waals surface area contributed by atoms with Crippen LogP contribution in [0.4, 0.5) is 20.4 Å². The Morgan fingerprint density at radius 1 is 1.05 bits per heavy atom. The lowest BCUT2D eigenvalue weighted by Crippen LogP contribution is -1.98. The zero-order valence-corrected chi connectivity index (χ0v) is 10.2. The van der Waals surface area contributed by atoms with E-state index < -0.39 is 11.6 Å². The van der Waals surface area contributed by atoms with Crippen LogP contribution in [0.2, 0.25) is 0 Å². The first-order valence-corrected chi connectivity index (χ1v) is 5.78. The summed E-state index contributed by atoms with van der Waals surface area (Å²) in [6.45, 7) is 0. The molecule has 0 aliphatic carbocycles. The van der Waals surface area contributed by atoms with Gasteiger partial charge in [-0.2, -0.15) is 0 Å². The molecular weight excluding hydrogens is 248 g/mol. The molecule has 19 heavy (non-hydrogen) atoms. The summed E-state index contributed by atoms with van der Waals surface area (Å²) >= 11 is 0. The van der Waals surface area contributed by atoms with Gasteiger partial charge in [0.05, 0.1) is 11.0 Å². The monoisotopic (exact) mass is 259 g/mol. The van der Waals surface area contributed by atoms with E-state index >= 15 is 0 Å². The second kappa shape index (κ2) is 4.35. The summed E-state index contributed by atoms with van der Waals surface area (Å²) in [6.07, 6.45) is 0. The maximum Gasteiger partial charge on any atom is 0.208 e. The van der Waals surface area contributed by atoms with Crippen molar-refractivity contribution in [2.45, 2.75) is 0 Å². The highest BCUT2D eigenvalue weighted by Crippen LogP contribution is 2.23. The molecule has 96 valence electrons. The Hall–Kier alpha value is -2.43. The fourth-order valence-corrected chi connectivity index (χ4v) is 1.95. The maximum absolute atomic E-state index is 13.2. The Bertz CT molecular complexity index is 735. The molecule has 0 bridgehead atoms. The number of hydrogen-bond donors (Lipinski definition) is 1. The molecule has 3 rings (SSSR count). The number of nitrogens with one attached hydrogen (secondary N) is 1. The van der Waals surface area contributed by atoms with Gasteiger partial charge in [-0.1, -0.05) is 18.2 Å². The van der Waals surface area contributed by atoms with E-state index in [-0.39, 0.29) is 0 Å². The van der Waals surface area contributed by atoms with Gasteiger partial charge in [-0.15, -0.1) is 0 Å². The minimum Gasteiger partial charge on any atom is -0.326 e. The molecule has 0 aliphatic heterocycles. The smallest absolute Gasteiger partial charge is 0.208 e. The van der Waals surface area contributed by atoms with E-state index in [4.69, 9.17) is 0 Å². The van der Waals surface area contributed by atoms with Gasteiger partial charge in [0.15, 0.2) is 11.6 Å². The highest BCUT2D eigenvalue weighted by molar-refractivity contribution is 5.79. The zero-order valence-electron chi connectivity index (χ0n) is 10.2. The van der Waals surface area contributed by atoms with E-state index in [1.165, 1.54) is 0 Å². The van der Waals surface area contributed by atoms with Crippen LogP contribution in [0.3, 0.4) is 0 Å². The normalized spacial score (nSPS) is 10.9. The minimum atomic E-state index is -0.892. The van der Waals surface area contributed by atoms with Gasteiger partial charge in [-0.25, -0.2) is 13.8 Å². The summed E-state index contributed by atoms with van der Waals surface area (Å²) < 4.78 is 28.1. The minimum absolute atomic E-state index is 0.417. The van der Waals surface area contributed by atoms with Crippen LogP contribution < -0.4 is 5.32 Å². The number of nitrogens with zero attached hydrogens (tertiary/aromatic N) is 2. The Kier molecular flexibility index (Phi) is 2.67. The number of fused-ring (bicyclic) bond motifs is 1. The first-order chi connectivity index (χ1) is 9.15. The third-order valence-electron chi connectivity index (χ3n) is 2.95. The topological polar surface area (TPSA) is 29.9 Å². The highest BCUT2D eigenvalue weighted by atomic mass is 19.2. The van der Waals surface area contributed by atoms with Crippen molar-refractivity contribution in [1.29, 1.82) is 0 Å². The van der Waals surface area contributed by atoms with Crippen LogP contribution in [-0.2, 0) is 7.05 Å². The van der Waals surface area contributed by atoms with Crippen molar-refractivity contribution in [1.82, 2.24) is 9.55 Å². The molecule has 0 fully saturated rings. The molecular formula is C14H11F2N3. The molecule has 3 aromatic rings. The van der Waals surface area contributed by atoms with Crippen LogP contribution in [0.25, 0.3) is 11.0 Å². The summed E-state index contributed by atoms with van der Waals surface area (Å²) in [5.41, 5.74) is 1.82. The summed E-state index contributed by atoms with van der Waals surface area (Å²) in [4.78, 5) is 4.25. The number of para-hydroxylation sites is 1. The molecule has 0 amide bonds. The van der Waals surface area contributed by atoms with Crippen molar-refractivity contribution < 1.29 is 8.78 Å². The van der Waals surface area contributed by atoms with Crippen molar-refractivity contribution in [3.8, 4) is 0 Å². The molecule has 1 heterocycles. The number of anilines is 2. The summed E-state index contributed by atoms with van der Waals surface area (Å²) in [7, 11) is 1.75. The summed E-state index contributed by atoms with van der Waals surface area (Å²) in [6, 6.07) is 11.7. The van der Waals surface area contributed by atoms with Gasteiger partial charge in [-0.3, -0.25) is 0 Å². The largest absolute Gasteiger partial charge is 0.326 e. The standard InChI is InChI=1S/C14H11F2N3/c1-19-13-8-11(16)10(15)7-12(13)18-14(19)17-9-5-3-2-4-6-9/h2-8H,1H3,(H,17,18). The first-order valence-electron chi connectivity index (χ1n) is 5.78. The number of aromatic nitrogens is 2. The van der Waals surface area contributed by atoms with E-state index in [9.17, 15) is 8.78 Å². The number of rotatable bonds is 2. The third kappa shape index (κ3) is 2.03. The van der Waals surface area contributed by atoms with Crippen molar-refractivity contribution in [3.63, 3.8) is 0 Å². The summed E-state index contributed by atoms with van der Waals surface area (Å²) in [5.74, 6) is -1.23. The van der Waals surface area contributed by atoms with E-state index in [1.807, 2.05) is 30.3 Å². The van der Waals surface area contributed by atoms with Crippen molar-refractivity contribution in [3.05, 3.63) is 54.1 Å². The van der Waals surface area contributed by atoms with Gasteiger partial charge >= 0.3 is 0 Å². The Balaban J connectivity index is 2.08. The fourth-order valence-electron chi connectivity index (χ4n) is 1.95. The van der Waals surface area contributed by atoms with Crippen LogP contribution in [0, 0.1) is 11.6 Å². The van der Waals surface area contributed by atoms with Crippen molar-refractivity contribution in [2.75, 3.05) is 5.32 Å². The molecule has 1 N–H and O–H groups in total. The van der Waals surface area contributed by atoms with Gasteiger partial charge in [0.25, 0.3) is 0 Å². The van der Waals surface area contributed by atoms with Gasteiger partial charge in [0.1, 0.15) is 0 Å². The Labute approximate surface area is 108 Å². The quantitative estimate of drug-likeness (QED) is 0.762. The number of hydrogen-bond acceptors (Lipinski definition) is 2. The van der Waals surface area contributed by atoms with E-state index in [0.29, 0.717) is 17.0 Å². The lowest BCUT2D eigenvalue weighted by Gasteiger charge is -2.05. The number of aryl methyl sites for hydroxylation is 1. The lowest BCUT2D eigenvalue weighted by atomic mass is 10.3. The second-order valence-corrected chi connectivity index (χ2v) is 4.24. The van der Waals surface area contributed by atoms with Crippen molar-refractivity contribution in [2.24, 2.45) is 7.05 Å². The van der Waals surface area contributed by atoms with Gasteiger partial charge < -0.3 is 9.88 Å².